The minimum absolute atomic E-state index is 0.0371. The Hall–Kier alpha value is -1.44. The van der Waals surface area contributed by atoms with Crippen molar-refractivity contribution in [2.24, 2.45) is 5.92 Å². The van der Waals surface area contributed by atoms with E-state index in [1.807, 2.05) is 47.9 Å². The van der Waals surface area contributed by atoms with Gasteiger partial charge in [-0.15, -0.1) is 11.8 Å². The number of rotatable bonds is 6. The van der Waals surface area contributed by atoms with Crippen LogP contribution in [0.15, 0.2) is 34.2 Å². The first-order valence-electron chi connectivity index (χ1n) is 8.91. The quantitative estimate of drug-likeness (QED) is 0.757. The zero-order chi connectivity index (χ0) is 18.4. The predicted octanol–water partition coefficient (Wildman–Crippen LogP) is 2.87. The summed E-state index contributed by atoms with van der Waals surface area (Å²) >= 11 is 3.38. The molecule has 138 valence electrons. The minimum Gasteiger partial charge on any atom is -0.392 e. The van der Waals surface area contributed by atoms with Crippen LogP contribution in [0.25, 0.3) is 0 Å². The molecule has 1 fully saturated rings. The molecule has 7 heteroatoms. The smallest absolute Gasteiger partial charge is 0.254 e. The van der Waals surface area contributed by atoms with Crippen LogP contribution in [0.2, 0.25) is 0 Å². The maximum absolute atomic E-state index is 12.4. The molecule has 1 aromatic carbocycles. The van der Waals surface area contributed by atoms with E-state index in [1.165, 1.54) is 0 Å². The molecule has 0 saturated carbocycles. The highest BCUT2D eigenvalue weighted by Crippen LogP contribution is 2.53. The zero-order valence-corrected chi connectivity index (χ0v) is 16.5. The van der Waals surface area contributed by atoms with Crippen LogP contribution in [0, 0.1) is 5.92 Å². The summed E-state index contributed by atoms with van der Waals surface area (Å²) in [6.45, 7) is 5.24. The maximum atomic E-state index is 12.4. The molecule has 1 N–H and O–H groups in total. The fourth-order valence-electron chi connectivity index (χ4n) is 3.75. The molecule has 0 aliphatic carbocycles. The summed E-state index contributed by atoms with van der Waals surface area (Å²) < 4.78 is 1.14. The SMILES string of the molecule is CC[C@H](O)[C@@H]1C(=O)N2C(C)=C(SCCN3Cc4ccccc4C3=O)S[C@H]12. The van der Waals surface area contributed by atoms with Crippen LogP contribution in [0.3, 0.4) is 0 Å². The van der Waals surface area contributed by atoms with Gasteiger partial charge in [-0.1, -0.05) is 36.9 Å². The van der Waals surface area contributed by atoms with Gasteiger partial charge >= 0.3 is 0 Å². The van der Waals surface area contributed by atoms with Crippen molar-refractivity contribution >= 4 is 35.3 Å². The zero-order valence-electron chi connectivity index (χ0n) is 14.8. The maximum Gasteiger partial charge on any atom is 0.254 e. The Bertz CT molecular complexity index is 795. The number of β-lactam (4-membered cyclic amide) rings is 1. The summed E-state index contributed by atoms with van der Waals surface area (Å²) in [4.78, 5) is 28.4. The van der Waals surface area contributed by atoms with Crippen LogP contribution in [0.1, 0.15) is 36.2 Å². The number of hydrogen-bond acceptors (Lipinski definition) is 5. The van der Waals surface area contributed by atoms with Gasteiger partial charge in [0.25, 0.3) is 5.91 Å². The van der Waals surface area contributed by atoms with Crippen molar-refractivity contribution in [3.63, 3.8) is 0 Å². The number of benzene rings is 1. The number of aliphatic hydroxyl groups is 1. The monoisotopic (exact) mass is 390 g/mol. The number of amides is 2. The molecule has 3 atom stereocenters. The minimum atomic E-state index is -0.561. The van der Waals surface area contributed by atoms with E-state index in [0.717, 1.165) is 26.8 Å². The number of aliphatic hydroxyl groups excluding tert-OH is 1. The summed E-state index contributed by atoms with van der Waals surface area (Å²) in [6.07, 6.45) is 0.0367. The second kappa shape index (κ2) is 6.94. The van der Waals surface area contributed by atoms with E-state index < -0.39 is 6.10 Å². The number of hydrogen-bond donors (Lipinski definition) is 1. The molecule has 26 heavy (non-hydrogen) atoms. The fraction of sp³-hybridized carbons (Fsp3) is 0.474. The number of allylic oxidation sites excluding steroid dienone is 1. The van der Waals surface area contributed by atoms with E-state index in [2.05, 4.69) is 0 Å². The Balaban J connectivity index is 1.33. The van der Waals surface area contributed by atoms with Crippen molar-refractivity contribution < 1.29 is 14.7 Å². The van der Waals surface area contributed by atoms with Crippen molar-refractivity contribution in [1.82, 2.24) is 9.80 Å². The van der Waals surface area contributed by atoms with Crippen molar-refractivity contribution in [3.8, 4) is 0 Å². The fourth-order valence-corrected chi connectivity index (χ4v) is 6.67. The molecular weight excluding hydrogens is 368 g/mol. The van der Waals surface area contributed by atoms with Gasteiger partial charge in [0.05, 0.1) is 16.3 Å². The molecule has 3 heterocycles. The van der Waals surface area contributed by atoms with Gasteiger partial charge in [0.2, 0.25) is 5.91 Å². The Morgan fingerprint density at radius 3 is 2.85 bits per heavy atom. The van der Waals surface area contributed by atoms with Crippen molar-refractivity contribution in [2.75, 3.05) is 12.3 Å². The van der Waals surface area contributed by atoms with Crippen molar-refractivity contribution in [2.45, 2.75) is 38.3 Å². The summed E-state index contributed by atoms with van der Waals surface area (Å²) in [5.41, 5.74) is 2.90. The first-order chi connectivity index (χ1) is 12.5. The molecule has 1 saturated heterocycles. The number of carbonyl (C=O) groups is 2. The molecule has 3 aliphatic rings. The molecule has 2 amide bonds. The second-order valence-electron chi connectivity index (χ2n) is 6.82. The summed E-state index contributed by atoms with van der Waals surface area (Å²) in [5.74, 6) is 0.661. The molecule has 0 radical (unpaired) electrons. The number of fused-ring (bicyclic) bond motifs is 2. The van der Waals surface area contributed by atoms with Crippen LogP contribution in [-0.4, -0.2) is 50.5 Å². The number of thioether (sulfide) groups is 2. The van der Waals surface area contributed by atoms with Gasteiger partial charge in [0.1, 0.15) is 5.37 Å². The lowest BCUT2D eigenvalue weighted by Crippen LogP contribution is -2.60. The number of nitrogens with zero attached hydrogens (tertiary/aromatic N) is 2. The number of carbonyl (C=O) groups excluding carboxylic acids is 2. The molecular formula is C19H22N2O3S2. The highest BCUT2D eigenvalue weighted by molar-refractivity contribution is 8.22. The highest BCUT2D eigenvalue weighted by atomic mass is 32.2. The predicted molar refractivity (Wildman–Crippen MR) is 104 cm³/mol. The summed E-state index contributed by atoms with van der Waals surface area (Å²) in [5, 5.41) is 10.1. The third kappa shape index (κ3) is 2.77. The molecule has 5 nitrogen and oxygen atoms in total. The lowest BCUT2D eigenvalue weighted by atomic mass is 9.90. The average Bonchev–Trinajstić information content (AvgIpc) is 3.10. The molecule has 0 aromatic heterocycles. The molecule has 0 unspecified atom stereocenters. The van der Waals surface area contributed by atoms with Gasteiger partial charge in [0.15, 0.2) is 0 Å². The Labute approximate surface area is 161 Å². The summed E-state index contributed by atoms with van der Waals surface area (Å²) in [7, 11) is 0. The van der Waals surface area contributed by atoms with E-state index in [1.54, 1.807) is 23.5 Å². The van der Waals surface area contributed by atoms with Gasteiger partial charge in [-0.2, -0.15) is 0 Å². The van der Waals surface area contributed by atoms with Gasteiger partial charge in [-0.05, 0) is 25.0 Å². The Morgan fingerprint density at radius 2 is 2.12 bits per heavy atom. The Morgan fingerprint density at radius 1 is 1.35 bits per heavy atom. The first-order valence-corrected chi connectivity index (χ1v) is 10.8. The molecule has 3 aliphatic heterocycles. The van der Waals surface area contributed by atoms with Gasteiger partial charge in [-0.3, -0.25) is 9.59 Å². The van der Waals surface area contributed by atoms with Gasteiger partial charge in [-0.25, -0.2) is 0 Å². The standard InChI is InChI=1S/C19H22N2O3S2/c1-3-14(22)15-17(24)21-11(2)19(26-18(15)21)25-9-8-20-10-12-6-4-5-7-13(12)16(20)23/h4-7,14-15,18,22H,3,8-10H2,1-2H3/t14-,15+,18+/m0/s1. The van der Waals surface area contributed by atoms with E-state index in [0.29, 0.717) is 19.5 Å². The molecule has 1 aromatic rings. The van der Waals surface area contributed by atoms with E-state index >= 15 is 0 Å². The third-order valence-corrected chi connectivity index (χ3v) is 8.13. The Kier molecular flexibility index (Phi) is 4.79. The molecule has 0 spiro atoms. The topological polar surface area (TPSA) is 60.9 Å². The van der Waals surface area contributed by atoms with E-state index in [-0.39, 0.29) is 23.1 Å². The third-order valence-electron chi connectivity index (χ3n) is 5.29. The highest BCUT2D eigenvalue weighted by Gasteiger charge is 2.55. The largest absolute Gasteiger partial charge is 0.392 e. The molecule has 0 bridgehead atoms. The van der Waals surface area contributed by atoms with Crippen LogP contribution < -0.4 is 0 Å². The van der Waals surface area contributed by atoms with Crippen LogP contribution in [-0.2, 0) is 11.3 Å². The normalized spacial score (nSPS) is 25.5. The lowest BCUT2D eigenvalue weighted by molar-refractivity contribution is -0.153. The van der Waals surface area contributed by atoms with Crippen LogP contribution in [0.5, 0.6) is 0 Å². The average molecular weight is 391 g/mol. The van der Waals surface area contributed by atoms with E-state index in [9.17, 15) is 14.7 Å². The van der Waals surface area contributed by atoms with E-state index in [4.69, 9.17) is 0 Å². The van der Waals surface area contributed by atoms with Crippen molar-refractivity contribution in [1.29, 1.82) is 0 Å². The lowest BCUT2D eigenvalue weighted by Gasteiger charge is -2.44. The van der Waals surface area contributed by atoms with Gasteiger partial charge in [0, 0.05) is 30.1 Å². The van der Waals surface area contributed by atoms with Gasteiger partial charge < -0.3 is 14.9 Å². The van der Waals surface area contributed by atoms with Crippen molar-refractivity contribution in [3.05, 3.63) is 45.3 Å². The van der Waals surface area contributed by atoms with Crippen LogP contribution >= 0.6 is 23.5 Å². The first kappa shape index (κ1) is 17.9. The summed E-state index contributed by atoms with van der Waals surface area (Å²) in [6, 6.07) is 7.77. The molecule has 4 rings (SSSR count). The second-order valence-corrected chi connectivity index (χ2v) is 9.31. The van der Waals surface area contributed by atoms with Crippen LogP contribution in [0.4, 0.5) is 0 Å².